The third-order valence-corrected chi connectivity index (χ3v) is 13.4. The molecule has 2 saturated carbocycles. The minimum Gasteiger partial charge on any atom is -0.472 e. The van der Waals surface area contributed by atoms with E-state index in [2.05, 4.69) is 20.1 Å². The fourth-order valence-corrected chi connectivity index (χ4v) is 9.40. The zero-order chi connectivity index (χ0) is 46.4. The molecule has 3 N–H and O–H groups in total. The van der Waals surface area contributed by atoms with Gasteiger partial charge in [-0.2, -0.15) is 0 Å². The van der Waals surface area contributed by atoms with E-state index in [1.54, 1.807) is 40.0 Å². The molecule has 4 aliphatic rings. The van der Waals surface area contributed by atoms with Gasteiger partial charge in [-0.15, -0.1) is 13.2 Å². The molecule has 1 aromatic heterocycles. The highest BCUT2D eigenvalue weighted by atomic mass is 32.2. The van der Waals surface area contributed by atoms with Gasteiger partial charge in [0.15, 0.2) is 0 Å². The fourth-order valence-electron chi connectivity index (χ4n) is 8.03. The summed E-state index contributed by atoms with van der Waals surface area (Å²) in [5.74, 6) is -3.02. The smallest absolute Gasteiger partial charge is 0.472 e. The second-order valence-electron chi connectivity index (χ2n) is 18.1. The maximum Gasteiger partial charge on any atom is 0.573 e. The number of pyridine rings is 1. The molecule has 64 heavy (non-hydrogen) atoms. The third kappa shape index (κ3) is 11.0. The monoisotopic (exact) mass is 913 g/mol. The number of likely N-dealkylation sites (N-methyl/N-ethyl adjacent to an activating group) is 1. The van der Waals surface area contributed by atoms with Crippen LogP contribution in [0.1, 0.15) is 59.3 Å². The molecule has 20 heteroatoms. The van der Waals surface area contributed by atoms with Gasteiger partial charge >= 0.3 is 12.5 Å². The number of allylic oxidation sites excluding steroid dienone is 1. The summed E-state index contributed by atoms with van der Waals surface area (Å²) in [5.41, 5.74) is -0.857. The maximum absolute atomic E-state index is 14.8. The van der Waals surface area contributed by atoms with Gasteiger partial charge in [0.25, 0.3) is 5.91 Å². The van der Waals surface area contributed by atoms with Crippen molar-refractivity contribution in [3.05, 3.63) is 60.7 Å². The molecule has 4 amide bonds. The Morgan fingerprint density at radius 3 is 2.39 bits per heavy atom. The number of rotatable bonds is 9. The van der Waals surface area contributed by atoms with Gasteiger partial charge in [0.1, 0.15) is 35.1 Å². The highest BCUT2D eigenvalue weighted by Gasteiger charge is 2.62. The van der Waals surface area contributed by atoms with Crippen LogP contribution in [0.3, 0.4) is 0 Å². The molecule has 7 rings (SSSR count). The van der Waals surface area contributed by atoms with Crippen LogP contribution in [-0.2, 0) is 29.1 Å². The average molecular weight is 914 g/mol. The van der Waals surface area contributed by atoms with Crippen molar-refractivity contribution in [1.82, 2.24) is 30.1 Å². The Morgan fingerprint density at radius 1 is 1.02 bits per heavy atom. The Morgan fingerprint density at radius 2 is 1.73 bits per heavy atom. The number of amides is 4. The number of fused-ring (bicyclic) bond motifs is 3. The zero-order valence-corrected chi connectivity index (χ0v) is 37.3. The van der Waals surface area contributed by atoms with Crippen molar-refractivity contribution in [2.45, 2.75) is 100 Å². The molecular formula is C44H54F3N7O9S. The van der Waals surface area contributed by atoms with Gasteiger partial charge in [-0.25, -0.2) is 18.2 Å². The summed E-state index contributed by atoms with van der Waals surface area (Å²) in [4.78, 5) is 66.4. The molecular weight excluding hydrogens is 860 g/mol. The van der Waals surface area contributed by atoms with Crippen LogP contribution in [0.4, 0.5) is 23.7 Å². The molecule has 3 fully saturated rings. The number of alkyl halides is 3. The second kappa shape index (κ2) is 17.7. The molecule has 2 aliphatic heterocycles. The number of hydrogen-bond acceptors (Lipinski definition) is 12. The first-order valence-corrected chi connectivity index (χ1v) is 22.7. The van der Waals surface area contributed by atoms with E-state index in [1.165, 1.54) is 29.2 Å². The van der Waals surface area contributed by atoms with Crippen LogP contribution in [0.2, 0.25) is 0 Å². The van der Waals surface area contributed by atoms with E-state index in [1.807, 2.05) is 48.2 Å². The number of hydrogen-bond donors (Lipinski definition) is 3. The normalized spacial score (nSPS) is 25.2. The Hall–Kier alpha value is -5.63. The summed E-state index contributed by atoms with van der Waals surface area (Å²) >= 11 is 0. The van der Waals surface area contributed by atoms with E-state index in [4.69, 9.17) is 14.5 Å². The second-order valence-corrected chi connectivity index (χ2v) is 20.1. The van der Waals surface area contributed by atoms with Crippen LogP contribution in [0.5, 0.6) is 11.6 Å². The van der Waals surface area contributed by atoms with Crippen LogP contribution in [0, 0.1) is 5.92 Å². The number of sulfonamides is 1. The molecule has 1 saturated heterocycles. The summed E-state index contributed by atoms with van der Waals surface area (Å²) in [6.45, 7) is 5.47. The number of alkyl carbamates (subject to hydrolysis) is 1. The van der Waals surface area contributed by atoms with Crippen LogP contribution in [-0.4, -0.2) is 129 Å². The lowest BCUT2D eigenvalue weighted by Gasteiger charge is -2.32. The molecule has 3 aromatic rings. The molecule has 1 unspecified atom stereocenters. The maximum atomic E-state index is 14.8. The summed E-state index contributed by atoms with van der Waals surface area (Å²) < 4.78 is 83.2. The van der Waals surface area contributed by atoms with E-state index >= 15 is 0 Å². The third-order valence-electron chi connectivity index (χ3n) is 11.5. The quantitative estimate of drug-likeness (QED) is 0.248. The summed E-state index contributed by atoms with van der Waals surface area (Å²) in [6.07, 6.45) is -0.799. The molecule has 16 nitrogen and oxygen atoms in total. The van der Waals surface area contributed by atoms with Gasteiger partial charge in [-0.3, -0.25) is 19.1 Å². The number of benzene rings is 2. The number of aromatic nitrogens is 1. The Bertz CT molecular complexity index is 2420. The van der Waals surface area contributed by atoms with Crippen LogP contribution in [0.25, 0.3) is 22.0 Å². The molecule has 2 aliphatic carbocycles. The van der Waals surface area contributed by atoms with Crippen molar-refractivity contribution >= 4 is 50.3 Å². The van der Waals surface area contributed by atoms with Crippen molar-refractivity contribution in [3.63, 3.8) is 0 Å². The van der Waals surface area contributed by atoms with Crippen molar-refractivity contribution < 1.29 is 55.0 Å². The lowest BCUT2D eigenvalue weighted by atomic mass is 10.1. The van der Waals surface area contributed by atoms with E-state index in [9.17, 15) is 40.8 Å². The van der Waals surface area contributed by atoms with Crippen LogP contribution in [0.15, 0.2) is 60.7 Å². The number of anilines is 1. The van der Waals surface area contributed by atoms with Crippen LogP contribution >= 0.6 is 0 Å². The lowest BCUT2D eigenvalue weighted by molar-refractivity contribution is -0.274. The number of carbonyl (C=O) groups excluding carboxylic acids is 4. The highest BCUT2D eigenvalue weighted by Crippen LogP contribution is 2.46. The summed E-state index contributed by atoms with van der Waals surface area (Å²) in [7, 11) is 1.56. The molecule has 0 spiro atoms. The minimum atomic E-state index is -4.88. The Balaban J connectivity index is 1.25. The molecule has 0 radical (unpaired) electrons. The van der Waals surface area contributed by atoms with Gasteiger partial charge in [-0.1, -0.05) is 12.2 Å². The number of halogens is 3. The first-order valence-electron chi connectivity index (χ1n) is 21.2. The Kier molecular flexibility index (Phi) is 12.9. The van der Waals surface area contributed by atoms with Crippen molar-refractivity contribution in [3.8, 4) is 22.9 Å². The largest absolute Gasteiger partial charge is 0.573 e. The van der Waals surface area contributed by atoms with E-state index in [0.29, 0.717) is 54.3 Å². The van der Waals surface area contributed by atoms with E-state index in [0.717, 1.165) is 5.69 Å². The Labute approximate surface area is 369 Å². The van der Waals surface area contributed by atoms with E-state index in [-0.39, 0.29) is 31.8 Å². The first kappa shape index (κ1) is 46.4. The van der Waals surface area contributed by atoms with Gasteiger partial charge in [-0.05, 0) is 120 Å². The first-order chi connectivity index (χ1) is 30.0. The SMILES string of the molecule is CN1CCC/C=C\[C@@H]2C[C@@]2(C(=O)NS(=O)(=O)C2CC2)NC(=O)[C@@H]2CC(Oc3nc(-c4ccc(OC(F)(F)F)cc4)cc4cc(N(C)C)ccc34)CN2C(=O)[C@@H](NC(=O)OC(C)(C)C)C1. The van der Waals surface area contributed by atoms with Crippen LogP contribution < -0.4 is 29.7 Å². The predicted octanol–water partition coefficient (Wildman–Crippen LogP) is 4.87. The fraction of sp³-hybridized carbons (Fsp3) is 0.523. The number of ether oxygens (including phenoxy) is 3. The number of carbonyl (C=O) groups is 4. The predicted molar refractivity (Wildman–Crippen MR) is 231 cm³/mol. The standard InChI is InChI=1S/C44H54F3N7O9S/c1-42(2,3)63-41(58)49-35-25-53(6)19-9-7-8-10-28-23-43(28,40(57)51-64(59,60)32-16-17-32)50-37(55)36-22-31(24-54(36)39(35)56)61-38-33-18-13-29(52(4)5)20-27(33)21-34(48-38)26-11-14-30(15-12-26)62-44(45,46)47/h8,10-15,18,20-21,28,31-32,35-36H,7,9,16-17,19,22-25H2,1-6H3,(H,49,58)(H,50,55)(H,51,57)/b10-8-/t28-,31?,35+,36+,43-/m1/s1. The number of nitrogens with one attached hydrogen (secondary N) is 3. The average Bonchev–Trinajstić information content (AvgIpc) is 4.12. The minimum absolute atomic E-state index is 0.0569. The molecule has 5 atom stereocenters. The molecule has 0 bridgehead atoms. The molecule has 2 aromatic carbocycles. The van der Waals surface area contributed by atoms with Crippen molar-refractivity contribution in [1.29, 1.82) is 0 Å². The molecule has 346 valence electrons. The van der Waals surface area contributed by atoms with Crippen molar-refractivity contribution in [2.24, 2.45) is 5.92 Å². The zero-order valence-electron chi connectivity index (χ0n) is 36.5. The molecule has 3 heterocycles. The van der Waals surface area contributed by atoms with Crippen molar-refractivity contribution in [2.75, 3.05) is 45.7 Å². The lowest BCUT2D eigenvalue weighted by Crippen LogP contribution is -2.59. The summed E-state index contributed by atoms with van der Waals surface area (Å²) in [5, 5.41) is 6.11. The van der Waals surface area contributed by atoms with Gasteiger partial charge < -0.3 is 39.5 Å². The topological polar surface area (TPSA) is 189 Å². The number of nitrogens with zero attached hydrogens (tertiary/aromatic N) is 4. The van der Waals surface area contributed by atoms with E-state index < -0.39 is 86.4 Å². The van der Waals surface area contributed by atoms with Gasteiger partial charge in [0, 0.05) is 49.6 Å². The summed E-state index contributed by atoms with van der Waals surface area (Å²) in [6, 6.07) is 10.1. The van der Waals surface area contributed by atoms with Gasteiger partial charge in [0.05, 0.1) is 17.5 Å². The van der Waals surface area contributed by atoms with Gasteiger partial charge in [0.2, 0.25) is 27.7 Å². The highest BCUT2D eigenvalue weighted by molar-refractivity contribution is 7.91.